The molecule has 2 heterocycles. The van der Waals surface area contributed by atoms with Crippen LogP contribution in [0.5, 0.6) is 5.75 Å². The van der Waals surface area contributed by atoms with Crippen LogP contribution in [0.4, 0.5) is 5.69 Å². The quantitative estimate of drug-likeness (QED) is 0.830. The first-order valence-corrected chi connectivity index (χ1v) is 8.51. The smallest absolute Gasteiger partial charge is 0.224 e. The Bertz CT molecular complexity index is 511. The van der Waals surface area contributed by atoms with Gasteiger partial charge < -0.3 is 15.4 Å². The molecule has 5 heteroatoms. The van der Waals surface area contributed by atoms with Gasteiger partial charge in [0.1, 0.15) is 5.75 Å². The van der Waals surface area contributed by atoms with Crippen molar-refractivity contribution in [3.05, 3.63) is 24.3 Å². The molecule has 2 N–H and O–H groups in total. The molecular weight excluding hydrogens is 312 g/mol. The molecule has 2 saturated heterocycles. The topological polar surface area (TPSA) is 50.4 Å². The average molecular weight is 339 g/mol. The molecule has 0 spiro atoms. The number of carbonyl (C=O) groups is 1. The second kappa shape index (κ2) is 8.55. The Morgan fingerprint density at radius 3 is 2.74 bits per heavy atom. The van der Waals surface area contributed by atoms with Crippen molar-refractivity contribution in [2.45, 2.75) is 57.5 Å². The zero-order valence-electron chi connectivity index (χ0n) is 13.7. The first-order valence-electron chi connectivity index (χ1n) is 8.51. The van der Waals surface area contributed by atoms with Gasteiger partial charge in [-0.05, 0) is 50.2 Å². The van der Waals surface area contributed by atoms with Crippen LogP contribution in [-0.4, -0.2) is 24.6 Å². The van der Waals surface area contributed by atoms with Gasteiger partial charge in [-0.2, -0.15) is 0 Å². The number of nitrogens with one attached hydrogen (secondary N) is 2. The minimum Gasteiger partial charge on any atom is -0.494 e. The molecular formula is C18H27ClN2O2. The van der Waals surface area contributed by atoms with Crippen molar-refractivity contribution < 1.29 is 9.53 Å². The van der Waals surface area contributed by atoms with Crippen molar-refractivity contribution in [3.8, 4) is 5.75 Å². The normalized spacial score (nSPS) is 25.5. The molecule has 3 rings (SSSR count). The number of halogens is 1. The van der Waals surface area contributed by atoms with Crippen LogP contribution in [0.3, 0.4) is 0 Å². The van der Waals surface area contributed by atoms with E-state index in [-0.39, 0.29) is 18.3 Å². The van der Waals surface area contributed by atoms with Crippen LogP contribution in [0.25, 0.3) is 0 Å². The maximum absolute atomic E-state index is 12.3. The van der Waals surface area contributed by atoms with Crippen LogP contribution < -0.4 is 15.4 Å². The van der Waals surface area contributed by atoms with Gasteiger partial charge in [-0.3, -0.25) is 4.79 Å². The lowest BCUT2D eigenvalue weighted by molar-refractivity contribution is -0.117. The van der Waals surface area contributed by atoms with E-state index in [2.05, 4.69) is 17.6 Å². The van der Waals surface area contributed by atoms with Gasteiger partial charge in [-0.25, -0.2) is 0 Å². The Morgan fingerprint density at radius 1 is 1.30 bits per heavy atom. The molecule has 2 aliphatic heterocycles. The Hall–Kier alpha value is -1.26. The van der Waals surface area contributed by atoms with E-state index in [1.165, 1.54) is 12.8 Å². The molecule has 2 aliphatic rings. The highest BCUT2D eigenvalue weighted by molar-refractivity contribution is 5.91. The fourth-order valence-electron chi connectivity index (χ4n) is 3.70. The van der Waals surface area contributed by atoms with E-state index in [9.17, 15) is 4.79 Å². The number of ether oxygens (including phenoxy) is 1. The van der Waals surface area contributed by atoms with Crippen molar-refractivity contribution in [1.29, 1.82) is 0 Å². The maximum Gasteiger partial charge on any atom is 0.224 e. The summed E-state index contributed by atoms with van der Waals surface area (Å²) < 4.78 is 5.60. The van der Waals surface area contributed by atoms with Crippen LogP contribution in [0.2, 0.25) is 0 Å². The van der Waals surface area contributed by atoms with Gasteiger partial charge in [0.15, 0.2) is 0 Å². The number of benzene rings is 1. The summed E-state index contributed by atoms with van der Waals surface area (Å²) in [7, 11) is 0. The first kappa shape index (κ1) is 18.1. The lowest BCUT2D eigenvalue weighted by atomic mass is 9.89. The molecule has 0 aliphatic carbocycles. The Balaban J connectivity index is 0.00000192. The minimum atomic E-state index is 0. The monoisotopic (exact) mass is 338 g/mol. The van der Waals surface area contributed by atoms with Crippen molar-refractivity contribution in [2.24, 2.45) is 5.92 Å². The second-order valence-corrected chi connectivity index (χ2v) is 6.60. The van der Waals surface area contributed by atoms with Crippen molar-refractivity contribution in [1.82, 2.24) is 5.32 Å². The molecule has 23 heavy (non-hydrogen) atoms. The summed E-state index contributed by atoms with van der Waals surface area (Å²) in [4.78, 5) is 12.3. The summed E-state index contributed by atoms with van der Waals surface area (Å²) >= 11 is 0. The third-order valence-corrected chi connectivity index (χ3v) is 4.64. The van der Waals surface area contributed by atoms with Gasteiger partial charge in [-0.1, -0.05) is 13.0 Å². The van der Waals surface area contributed by atoms with Gasteiger partial charge in [0.05, 0.1) is 6.61 Å². The highest BCUT2D eigenvalue weighted by Crippen LogP contribution is 2.32. The number of anilines is 1. The standard InChI is InChI=1S/C18H26N2O2.ClH/c1-2-8-22-17-5-3-4-14(12-17)20-18(21)11-13-9-15-6-7-16(10-13)19-15;/h3-5,12-13,15-16,19H,2,6-11H2,1H3,(H,20,21);1H. The molecule has 0 saturated carbocycles. The van der Waals surface area contributed by atoms with E-state index in [0.717, 1.165) is 30.7 Å². The Labute approximate surface area is 144 Å². The van der Waals surface area contributed by atoms with Gasteiger partial charge in [0, 0.05) is 30.3 Å². The fourth-order valence-corrected chi connectivity index (χ4v) is 3.70. The molecule has 0 aromatic heterocycles. The van der Waals surface area contributed by atoms with E-state index >= 15 is 0 Å². The van der Waals surface area contributed by atoms with Crippen molar-refractivity contribution in [3.63, 3.8) is 0 Å². The van der Waals surface area contributed by atoms with Crippen molar-refractivity contribution >= 4 is 24.0 Å². The summed E-state index contributed by atoms with van der Waals surface area (Å²) in [5.41, 5.74) is 0.829. The van der Waals surface area contributed by atoms with Crippen LogP contribution in [-0.2, 0) is 4.79 Å². The number of hydrogen-bond acceptors (Lipinski definition) is 3. The lowest BCUT2D eigenvalue weighted by Crippen LogP contribution is -2.39. The highest BCUT2D eigenvalue weighted by atomic mass is 35.5. The second-order valence-electron chi connectivity index (χ2n) is 6.60. The highest BCUT2D eigenvalue weighted by Gasteiger charge is 2.34. The first-order chi connectivity index (χ1) is 10.7. The number of carbonyl (C=O) groups excluding carboxylic acids is 1. The summed E-state index contributed by atoms with van der Waals surface area (Å²) in [5.74, 6) is 1.47. The molecule has 1 aromatic carbocycles. The van der Waals surface area contributed by atoms with Gasteiger partial charge >= 0.3 is 0 Å². The third-order valence-electron chi connectivity index (χ3n) is 4.64. The zero-order chi connectivity index (χ0) is 15.4. The third kappa shape index (κ3) is 5.11. The lowest BCUT2D eigenvalue weighted by Gasteiger charge is -2.28. The summed E-state index contributed by atoms with van der Waals surface area (Å²) in [6, 6.07) is 8.95. The Morgan fingerprint density at radius 2 is 2.04 bits per heavy atom. The molecule has 2 fully saturated rings. The van der Waals surface area contributed by atoms with Crippen LogP contribution in [0.1, 0.15) is 45.4 Å². The molecule has 4 nitrogen and oxygen atoms in total. The molecule has 1 aromatic rings. The molecule has 2 unspecified atom stereocenters. The molecule has 2 bridgehead atoms. The molecule has 2 atom stereocenters. The van der Waals surface area contributed by atoms with Crippen LogP contribution in [0.15, 0.2) is 24.3 Å². The summed E-state index contributed by atoms with van der Waals surface area (Å²) in [6.45, 7) is 2.78. The number of piperidine rings is 1. The van der Waals surface area contributed by atoms with Gasteiger partial charge in [0.25, 0.3) is 0 Å². The minimum absolute atomic E-state index is 0. The summed E-state index contributed by atoms with van der Waals surface area (Å²) in [6.07, 6.45) is 6.45. The van der Waals surface area contributed by atoms with E-state index in [4.69, 9.17) is 4.74 Å². The van der Waals surface area contributed by atoms with E-state index in [1.807, 2.05) is 24.3 Å². The van der Waals surface area contributed by atoms with Crippen LogP contribution in [0, 0.1) is 5.92 Å². The average Bonchev–Trinajstić information content (AvgIpc) is 2.84. The van der Waals surface area contributed by atoms with Gasteiger partial charge in [-0.15, -0.1) is 12.4 Å². The van der Waals surface area contributed by atoms with Crippen LogP contribution >= 0.6 is 12.4 Å². The number of hydrogen-bond donors (Lipinski definition) is 2. The summed E-state index contributed by atoms with van der Waals surface area (Å²) in [5, 5.41) is 6.64. The number of fused-ring (bicyclic) bond motifs is 2. The molecule has 0 radical (unpaired) electrons. The van der Waals surface area contributed by atoms with Crippen molar-refractivity contribution in [2.75, 3.05) is 11.9 Å². The largest absolute Gasteiger partial charge is 0.494 e. The maximum atomic E-state index is 12.3. The zero-order valence-corrected chi connectivity index (χ0v) is 14.5. The molecule has 128 valence electrons. The van der Waals surface area contributed by atoms with Gasteiger partial charge in [0.2, 0.25) is 5.91 Å². The van der Waals surface area contributed by atoms with E-state index in [1.54, 1.807) is 0 Å². The SMILES string of the molecule is CCCOc1cccc(NC(=O)CC2CC3CCC(C2)N3)c1.Cl. The Kier molecular flexibility index (Phi) is 6.72. The molecule has 1 amide bonds. The van der Waals surface area contributed by atoms with E-state index < -0.39 is 0 Å². The number of rotatable bonds is 6. The fraction of sp³-hybridized carbons (Fsp3) is 0.611. The predicted molar refractivity (Wildman–Crippen MR) is 95.4 cm³/mol. The predicted octanol–water partition coefficient (Wildman–Crippen LogP) is 3.76. The number of amides is 1. The van der Waals surface area contributed by atoms with E-state index in [0.29, 0.717) is 31.0 Å².